The first kappa shape index (κ1) is 23.3. The van der Waals surface area contributed by atoms with E-state index in [1.165, 1.54) is 11.8 Å². The lowest BCUT2D eigenvalue weighted by Gasteiger charge is -2.34. The first-order chi connectivity index (χ1) is 16.8. The van der Waals surface area contributed by atoms with Crippen molar-refractivity contribution < 1.29 is 8.42 Å². The van der Waals surface area contributed by atoms with E-state index in [1.807, 2.05) is 24.4 Å². The summed E-state index contributed by atoms with van der Waals surface area (Å²) < 4.78 is 25.4. The number of sulfone groups is 1. The molecule has 5 rings (SSSR count). The summed E-state index contributed by atoms with van der Waals surface area (Å²) in [4.78, 5) is 4.99. The van der Waals surface area contributed by atoms with E-state index in [9.17, 15) is 8.42 Å². The number of piperidine rings is 1. The lowest BCUT2D eigenvalue weighted by atomic mass is 9.75. The Morgan fingerprint density at radius 3 is 2.57 bits per heavy atom. The molecule has 2 aromatic carbocycles. The van der Waals surface area contributed by atoms with Gasteiger partial charge in [-0.15, -0.1) is 5.10 Å². The van der Waals surface area contributed by atoms with Gasteiger partial charge >= 0.3 is 0 Å². The number of nitrogens with one attached hydrogen (secondary N) is 3. The van der Waals surface area contributed by atoms with Crippen LogP contribution >= 0.6 is 0 Å². The van der Waals surface area contributed by atoms with E-state index in [-0.39, 0.29) is 5.41 Å². The average Bonchev–Trinajstić information content (AvgIpc) is 3.26. The van der Waals surface area contributed by atoms with Gasteiger partial charge in [0.25, 0.3) is 0 Å². The molecule has 1 saturated heterocycles. The van der Waals surface area contributed by atoms with Crippen LogP contribution in [0.4, 0.5) is 17.3 Å². The number of fused-ring (bicyclic) bond motifs is 1. The maximum Gasteiger partial charge on any atom is 0.247 e. The second-order valence-corrected chi connectivity index (χ2v) is 11.4. The minimum absolute atomic E-state index is 0.215. The van der Waals surface area contributed by atoms with Crippen LogP contribution in [0.3, 0.4) is 0 Å². The van der Waals surface area contributed by atoms with Gasteiger partial charge in [-0.1, -0.05) is 31.2 Å². The van der Waals surface area contributed by atoms with Gasteiger partial charge in [0.15, 0.2) is 15.5 Å². The Bertz CT molecular complexity index is 1440. The molecule has 8 nitrogen and oxygen atoms in total. The Kier molecular flexibility index (Phi) is 6.21. The van der Waals surface area contributed by atoms with Crippen LogP contribution in [-0.4, -0.2) is 42.4 Å². The van der Waals surface area contributed by atoms with Crippen LogP contribution in [0.25, 0.3) is 5.65 Å². The van der Waals surface area contributed by atoms with Crippen LogP contribution in [0, 0.1) is 0 Å². The van der Waals surface area contributed by atoms with E-state index >= 15 is 0 Å². The molecular formula is C26H30N6O2S. The van der Waals surface area contributed by atoms with E-state index in [2.05, 4.69) is 57.2 Å². The number of rotatable bonds is 7. The van der Waals surface area contributed by atoms with Crippen molar-refractivity contribution in [3.63, 3.8) is 0 Å². The van der Waals surface area contributed by atoms with Gasteiger partial charge in [-0.3, -0.25) is 0 Å². The second-order valence-electron chi connectivity index (χ2n) is 9.41. The fourth-order valence-corrected chi connectivity index (χ4v) is 5.22. The molecule has 2 aromatic heterocycles. The molecule has 182 valence electrons. The number of pyridine rings is 1. The van der Waals surface area contributed by atoms with E-state index in [1.54, 1.807) is 22.7 Å². The van der Waals surface area contributed by atoms with Gasteiger partial charge in [0, 0.05) is 24.7 Å². The standard InChI is InChI=1S/C26H30N6O2S/c1-26(12-14-27-15-13-26)20-8-10-21(11-9-20)29-25-30-24-23(7-4-16-32(24)31-25)28-18-19-5-3-6-22(17-19)35(2,33)34/h3-11,16-17,27-28H,12-15,18H2,1-2H3,(H,29,31). The van der Waals surface area contributed by atoms with Crippen molar-refractivity contribution in [3.05, 3.63) is 78.0 Å². The summed E-state index contributed by atoms with van der Waals surface area (Å²) in [5, 5.41) is 14.7. The van der Waals surface area contributed by atoms with Crippen molar-refractivity contribution in [2.24, 2.45) is 0 Å². The highest BCUT2D eigenvalue weighted by molar-refractivity contribution is 7.90. The van der Waals surface area contributed by atoms with Gasteiger partial charge in [0.05, 0.1) is 10.6 Å². The summed E-state index contributed by atoms with van der Waals surface area (Å²) in [6.07, 6.45) is 5.35. The van der Waals surface area contributed by atoms with Crippen molar-refractivity contribution in [3.8, 4) is 0 Å². The summed E-state index contributed by atoms with van der Waals surface area (Å²) in [7, 11) is -3.25. The van der Waals surface area contributed by atoms with Crippen molar-refractivity contribution in [1.82, 2.24) is 19.9 Å². The quantitative estimate of drug-likeness (QED) is 0.358. The Morgan fingerprint density at radius 2 is 1.83 bits per heavy atom. The summed E-state index contributed by atoms with van der Waals surface area (Å²) in [5.41, 5.74) is 4.88. The second kappa shape index (κ2) is 9.31. The molecule has 0 atom stereocenters. The predicted octanol–water partition coefficient (Wildman–Crippen LogP) is 4.13. The summed E-state index contributed by atoms with van der Waals surface area (Å²) in [6, 6.07) is 19.3. The topological polar surface area (TPSA) is 100 Å². The molecule has 0 unspecified atom stereocenters. The molecule has 0 bridgehead atoms. The lowest BCUT2D eigenvalue weighted by Crippen LogP contribution is -2.37. The van der Waals surface area contributed by atoms with Crippen LogP contribution in [0.5, 0.6) is 0 Å². The Labute approximate surface area is 205 Å². The van der Waals surface area contributed by atoms with E-state index in [0.29, 0.717) is 23.0 Å². The molecule has 0 aliphatic carbocycles. The highest BCUT2D eigenvalue weighted by Gasteiger charge is 2.28. The summed E-state index contributed by atoms with van der Waals surface area (Å²) in [5.74, 6) is 0.513. The van der Waals surface area contributed by atoms with Crippen molar-refractivity contribution >= 4 is 32.8 Å². The first-order valence-electron chi connectivity index (χ1n) is 11.8. The van der Waals surface area contributed by atoms with E-state index in [0.717, 1.165) is 42.9 Å². The van der Waals surface area contributed by atoms with Crippen molar-refractivity contribution in [2.45, 2.75) is 36.6 Å². The van der Waals surface area contributed by atoms with Gasteiger partial charge in [-0.05, 0) is 78.9 Å². The molecule has 3 heterocycles. The van der Waals surface area contributed by atoms with E-state index < -0.39 is 9.84 Å². The molecule has 4 aromatic rings. The molecule has 3 N–H and O–H groups in total. The molecule has 1 fully saturated rings. The third-order valence-electron chi connectivity index (χ3n) is 6.72. The van der Waals surface area contributed by atoms with Gasteiger partial charge in [-0.25, -0.2) is 12.9 Å². The molecule has 35 heavy (non-hydrogen) atoms. The number of aromatic nitrogens is 3. The normalized spacial score (nSPS) is 15.7. The molecule has 1 aliphatic rings. The smallest absolute Gasteiger partial charge is 0.247 e. The minimum Gasteiger partial charge on any atom is -0.378 e. The van der Waals surface area contributed by atoms with Crippen LogP contribution in [0.2, 0.25) is 0 Å². The molecular weight excluding hydrogens is 460 g/mol. The SMILES string of the molecule is CC1(c2ccc(Nc3nc4c(NCc5cccc(S(C)(=O)=O)c5)cccn4n3)cc2)CCNCC1. The maximum absolute atomic E-state index is 11.9. The van der Waals surface area contributed by atoms with Crippen LogP contribution in [-0.2, 0) is 21.8 Å². The zero-order valence-electron chi connectivity index (χ0n) is 20.0. The molecule has 1 aliphatic heterocycles. The van der Waals surface area contributed by atoms with Gasteiger partial charge < -0.3 is 16.0 Å². The zero-order valence-corrected chi connectivity index (χ0v) is 20.8. The highest BCUT2D eigenvalue weighted by Crippen LogP contribution is 2.33. The zero-order chi connectivity index (χ0) is 24.5. The average molecular weight is 491 g/mol. The van der Waals surface area contributed by atoms with Crippen molar-refractivity contribution in [2.75, 3.05) is 30.0 Å². The fourth-order valence-electron chi connectivity index (χ4n) is 4.53. The number of nitrogens with zero attached hydrogens (tertiary/aromatic N) is 3. The number of hydrogen-bond acceptors (Lipinski definition) is 7. The number of hydrogen-bond donors (Lipinski definition) is 3. The Morgan fingerprint density at radius 1 is 1.06 bits per heavy atom. The molecule has 9 heteroatoms. The number of anilines is 3. The van der Waals surface area contributed by atoms with Crippen molar-refractivity contribution in [1.29, 1.82) is 0 Å². The summed E-state index contributed by atoms with van der Waals surface area (Å²) >= 11 is 0. The van der Waals surface area contributed by atoms with E-state index in [4.69, 9.17) is 0 Å². The highest BCUT2D eigenvalue weighted by atomic mass is 32.2. The first-order valence-corrected chi connectivity index (χ1v) is 13.7. The van der Waals surface area contributed by atoms with Gasteiger partial charge in [0.2, 0.25) is 5.95 Å². The molecule has 0 radical (unpaired) electrons. The maximum atomic E-state index is 11.9. The molecule has 0 spiro atoms. The Hall–Kier alpha value is -3.43. The molecule has 0 saturated carbocycles. The van der Waals surface area contributed by atoms with Crippen LogP contribution in [0.1, 0.15) is 30.9 Å². The lowest BCUT2D eigenvalue weighted by molar-refractivity contribution is 0.335. The van der Waals surface area contributed by atoms with Gasteiger partial charge in [-0.2, -0.15) is 4.98 Å². The number of benzene rings is 2. The predicted molar refractivity (Wildman–Crippen MR) is 139 cm³/mol. The van der Waals surface area contributed by atoms with Crippen LogP contribution < -0.4 is 16.0 Å². The minimum atomic E-state index is -3.25. The van der Waals surface area contributed by atoms with Gasteiger partial charge in [0.1, 0.15) is 0 Å². The monoisotopic (exact) mass is 490 g/mol. The Balaban J connectivity index is 1.31. The van der Waals surface area contributed by atoms with Crippen LogP contribution in [0.15, 0.2) is 71.8 Å². The largest absolute Gasteiger partial charge is 0.378 e. The summed E-state index contributed by atoms with van der Waals surface area (Å²) in [6.45, 7) is 4.92. The fraction of sp³-hybridized carbons (Fsp3) is 0.308. The third kappa shape index (κ3) is 5.16. The third-order valence-corrected chi connectivity index (χ3v) is 7.83. The molecule has 0 amide bonds.